The lowest BCUT2D eigenvalue weighted by Gasteiger charge is -2.20. The maximum atomic E-state index is 12.7. The van der Waals surface area contributed by atoms with Crippen molar-refractivity contribution in [3.63, 3.8) is 0 Å². The van der Waals surface area contributed by atoms with E-state index in [2.05, 4.69) is 27.7 Å². The highest BCUT2D eigenvalue weighted by Gasteiger charge is 2.24. The summed E-state index contributed by atoms with van der Waals surface area (Å²) < 4.78 is 5.25. The van der Waals surface area contributed by atoms with Gasteiger partial charge in [0, 0.05) is 36.9 Å². The smallest absolute Gasteiger partial charge is 0.412 e. The summed E-state index contributed by atoms with van der Waals surface area (Å²) >= 11 is 0. The number of hydrogen-bond acceptors (Lipinski definition) is 4. The normalized spacial score (nSPS) is 17.0. The van der Waals surface area contributed by atoms with E-state index >= 15 is 0 Å². The van der Waals surface area contributed by atoms with Crippen molar-refractivity contribution in [3.05, 3.63) is 65.7 Å². The monoisotopic (exact) mass is 395 g/mol. The van der Waals surface area contributed by atoms with Crippen LogP contribution in [0.1, 0.15) is 43.1 Å². The SMILES string of the molecule is CC(C)(C)OC(=O)Nc1cccc(C(=O)NC2CCN(Cc3ccccc3)C2)c1. The fraction of sp³-hybridized carbons (Fsp3) is 0.391. The van der Waals surface area contributed by atoms with Gasteiger partial charge in [-0.25, -0.2) is 4.79 Å². The van der Waals surface area contributed by atoms with Gasteiger partial charge in [-0.3, -0.25) is 15.0 Å². The molecule has 1 fully saturated rings. The van der Waals surface area contributed by atoms with Crippen LogP contribution in [-0.2, 0) is 11.3 Å². The molecule has 6 nitrogen and oxygen atoms in total. The van der Waals surface area contributed by atoms with Crippen molar-refractivity contribution < 1.29 is 14.3 Å². The van der Waals surface area contributed by atoms with Crippen LogP contribution >= 0.6 is 0 Å². The molecule has 6 heteroatoms. The minimum atomic E-state index is -0.576. The molecule has 0 bridgehead atoms. The van der Waals surface area contributed by atoms with E-state index < -0.39 is 11.7 Å². The summed E-state index contributed by atoms with van der Waals surface area (Å²) in [6, 6.07) is 17.4. The zero-order chi connectivity index (χ0) is 20.9. The number of anilines is 1. The summed E-state index contributed by atoms with van der Waals surface area (Å²) in [5, 5.41) is 5.78. The molecule has 1 heterocycles. The molecule has 3 rings (SSSR count). The zero-order valence-electron chi connectivity index (χ0n) is 17.3. The molecule has 0 aromatic heterocycles. The maximum Gasteiger partial charge on any atom is 0.412 e. The summed E-state index contributed by atoms with van der Waals surface area (Å²) in [4.78, 5) is 26.9. The van der Waals surface area contributed by atoms with Gasteiger partial charge in [-0.2, -0.15) is 0 Å². The lowest BCUT2D eigenvalue weighted by atomic mass is 10.1. The van der Waals surface area contributed by atoms with Crippen LogP contribution in [-0.4, -0.2) is 41.6 Å². The van der Waals surface area contributed by atoms with E-state index in [1.807, 2.05) is 18.2 Å². The molecule has 2 aromatic carbocycles. The summed E-state index contributed by atoms with van der Waals surface area (Å²) in [5.74, 6) is -0.135. The standard InChI is InChI=1S/C23H29N3O3/c1-23(2,3)29-22(28)25-19-11-7-10-18(14-19)21(27)24-20-12-13-26(16-20)15-17-8-5-4-6-9-17/h4-11,14,20H,12-13,15-16H2,1-3H3,(H,24,27)(H,25,28). The summed E-state index contributed by atoms with van der Waals surface area (Å²) in [6.45, 7) is 8.09. The van der Waals surface area contributed by atoms with Gasteiger partial charge in [0.05, 0.1) is 0 Å². The first kappa shape index (κ1) is 20.9. The highest BCUT2D eigenvalue weighted by Crippen LogP contribution is 2.16. The van der Waals surface area contributed by atoms with Crippen molar-refractivity contribution in [2.75, 3.05) is 18.4 Å². The Bertz CT molecular complexity index is 846. The van der Waals surface area contributed by atoms with Gasteiger partial charge >= 0.3 is 6.09 Å². The Hall–Kier alpha value is -2.86. The molecule has 154 valence electrons. The summed E-state index contributed by atoms with van der Waals surface area (Å²) in [6.07, 6.45) is 0.386. The predicted molar refractivity (Wildman–Crippen MR) is 114 cm³/mol. The summed E-state index contributed by atoms with van der Waals surface area (Å²) in [5.41, 5.74) is 1.75. The predicted octanol–water partition coefficient (Wildman–Crippen LogP) is 4.04. The Balaban J connectivity index is 1.52. The average molecular weight is 396 g/mol. The number of rotatable bonds is 5. The molecule has 0 spiro atoms. The Morgan fingerprint density at radius 2 is 1.86 bits per heavy atom. The first-order valence-corrected chi connectivity index (χ1v) is 9.96. The highest BCUT2D eigenvalue weighted by molar-refractivity contribution is 5.96. The molecular weight excluding hydrogens is 366 g/mol. The Kier molecular flexibility index (Phi) is 6.54. The fourth-order valence-electron chi connectivity index (χ4n) is 3.36. The van der Waals surface area contributed by atoms with Crippen molar-refractivity contribution in [1.82, 2.24) is 10.2 Å². The van der Waals surface area contributed by atoms with Crippen LogP contribution in [0.3, 0.4) is 0 Å². The van der Waals surface area contributed by atoms with E-state index in [1.54, 1.807) is 45.0 Å². The van der Waals surface area contributed by atoms with Crippen molar-refractivity contribution in [2.24, 2.45) is 0 Å². The first-order valence-electron chi connectivity index (χ1n) is 9.96. The molecule has 29 heavy (non-hydrogen) atoms. The van der Waals surface area contributed by atoms with E-state index in [4.69, 9.17) is 4.74 Å². The van der Waals surface area contributed by atoms with Gasteiger partial charge in [0.15, 0.2) is 0 Å². The van der Waals surface area contributed by atoms with Crippen molar-refractivity contribution >= 4 is 17.7 Å². The second-order valence-electron chi connectivity index (χ2n) is 8.39. The van der Waals surface area contributed by atoms with Crippen LogP contribution in [0.25, 0.3) is 0 Å². The molecule has 0 saturated carbocycles. The number of carbonyl (C=O) groups is 2. The molecule has 1 atom stereocenters. The number of benzene rings is 2. The zero-order valence-corrected chi connectivity index (χ0v) is 17.3. The van der Waals surface area contributed by atoms with Crippen LogP contribution in [0.5, 0.6) is 0 Å². The molecule has 0 aliphatic carbocycles. The molecule has 1 saturated heterocycles. The van der Waals surface area contributed by atoms with Gasteiger partial charge in [0.2, 0.25) is 0 Å². The Labute approximate surface area is 172 Å². The van der Waals surface area contributed by atoms with E-state index in [0.717, 1.165) is 26.1 Å². The molecule has 2 aromatic rings. The summed E-state index contributed by atoms with van der Waals surface area (Å²) in [7, 11) is 0. The number of nitrogens with zero attached hydrogens (tertiary/aromatic N) is 1. The van der Waals surface area contributed by atoms with Gasteiger partial charge in [0.1, 0.15) is 5.60 Å². The minimum Gasteiger partial charge on any atom is -0.444 e. The van der Waals surface area contributed by atoms with Crippen molar-refractivity contribution in [2.45, 2.75) is 45.4 Å². The quantitative estimate of drug-likeness (QED) is 0.802. The van der Waals surface area contributed by atoms with Gasteiger partial charge in [-0.1, -0.05) is 36.4 Å². The topological polar surface area (TPSA) is 70.7 Å². The lowest BCUT2D eigenvalue weighted by Crippen LogP contribution is -2.37. The lowest BCUT2D eigenvalue weighted by molar-refractivity contribution is 0.0635. The fourth-order valence-corrected chi connectivity index (χ4v) is 3.36. The third kappa shape index (κ3) is 6.61. The van der Waals surface area contributed by atoms with Gasteiger partial charge in [-0.05, 0) is 51.0 Å². The molecule has 1 aliphatic heterocycles. The number of nitrogens with one attached hydrogen (secondary N) is 2. The van der Waals surface area contributed by atoms with Crippen LogP contribution < -0.4 is 10.6 Å². The second-order valence-corrected chi connectivity index (χ2v) is 8.39. The molecular formula is C23H29N3O3. The first-order chi connectivity index (χ1) is 13.8. The van der Waals surface area contributed by atoms with Crippen LogP contribution in [0.2, 0.25) is 0 Å². The van der Waals surface area contributed by atoms with Gasteiger partial charge < -0.3 is 10.1 Å². The van der Waals surface area contributed by atoms with E-state index in [0.29, 0.717) is 11.3 Å². The van der Waals surface area contributed by atoms with E-state index in [-0.39, 0.29) is 11.9 Å². The average Bonchev–Trinajstić information content (AvgIpc) is 3.08. The molecule has 1 unspecified atom stereocenters. The molecule has 2 amide bonds. The number of amides is 2. The van der Waals surface area contributed by atoms with Crippen molar-refractivity contribution in [3.8, 4) is 0 Å². The Morgan fingerprint density at radius 1 is 1.10 bits per heavy atom. The van der Waals surface area contributed by atoms with Crippen LogP contribution in [0.15, 0.2) is 54.6 Å². The number of likely N-dealkylation sites (tertiary alicyclic amines) is 1. The third-order valence-electron chi connectivity index (χ3n) is 4.63. The second kappa shape index (κ2) is 9.09. The number of carbonyl (C=O) groups excluding carboxylic acids is 2. The van der Waals surface area contributed by atoms with E-state index in [9.17, 15) is 9.59 Å². The largest absolute Gasteiger partial charge is 0.444 e. The third-order valence-corrected chi connectivity index (χ3v) is 4.63. The van der Waals surface area contributed by atoms with Crippen LogP contribution in [0.4, 0.5) is 10.5 Å². The number of hydrogen-bond donors (Lipinski definition) is 2. The molecule has 0 radical (unpaired) electrons. The van der Waals surface area contributed by atoms with Gasteiger partial charge in [0.25, 0.3) is 5.91 Å². The molecule has 2 N–H and O–H groups in total. The molecule has 1 aliphatic rings. The van der Waals surface area contributed by atoms with Crippen molar-refractivity contribution in [1.29, 1.82) is 0 Å². The van der Waals surface area contributed by atoms with E-state index in [1.165, 1.54) is 5.56 Å². The minimum absolute atomic E-state index is 0.119. The Morgan fingerprint density at radius 3 is 2.59 bits per heavy atom. The van der Waals surface area contributed by atoms with Crippen LogP contribution in [0, 0.1) is 0 Å². The highest BCUT2D eigenvalue weighted by atomic mass is 16.6. The van der Waals surface area contributed by atoms with Gasteiger partial charge in [-0.15, -0.1) is 0 Å². The number of ether oxygens (including phenoxy) is 1. The maximum absolute atomic E-state index is 12.7.